The van der Waals surface area contributed by atoms with Crippen molar-refractivity contribution in [2.75, 3.05) is 18.9 Å². The summed E-state index contributed by atoms with van der Waals surface area (Å²) in [7, 11) is 1.94. The topological polar surface area (TPSA) is 62.6 Å². The van der Waals surface area contributed by atoms with Crippen molar-refractivity contribution in [3.63, 3.8) is 0 Å². The Hall–Kier alpha value is -2.08. The van der Waals surface area contributed by atoms with Gasteiger partial charge in [-0.15, -0.1) is 0 Å². The lowest BCUT2D eigenvalue weighted by molar-refractivity contribution is -0.0629. The van der Waals surface area contributed by atoms with E-state index in [1.807, 2.05) is 11.9 Å². The monoisotopic (exact) mass is 470 g/mol. The predicted molar refractivity (Wildman–Crippen MR) is 118 cm³/mol. The smallest absolute Gasteiger partial charge is 0.291 e. The van der Waals surface area contributed by atoms with E-state index in [1.54, 1.807) is 36.4 Å². The second kappa shape index (κ2) is 7.56. The van der Waals surface area contributed by atoms with E-state index in [2.05, 4.69) is 21.2 Å². The molecule has 4 aliphatic carbocycles. The van der Waals surface area contributed by atoms with Crippen LogP contribution in [0.3, 0.4) is 0 Å². The van der Waals surface area contributed by atoms with Gasteiger partial charge in [0.1, 0.15) is 0 Å². The molecule has 2 amide bonds. The molecule has 30 heavy (non-hydrogen) atoms. The molecule has 4 fully saturated rings. The molecule has 0 saturated heterocycles. The lowest BCUT2D eigenvalue weighted by atomic mass is 9.49. The fraction of sp³-hybridized carbons (Fsp3) is 0.500. The fourth-order valence-electron chi connectivity index (χ4n) is 6.60. The van der Waals surface area contributed by atoms with Crippen LogP contribution in [-0.4, -0.2) is 30.3 Å². The van der Waals surface area contributed by atoms with Gasteiger partial charge in [0, 0.05) is 24.8 Å². The molecule has 2 aromatic rings. The molecule has 4 saturated carbocycles. The summed E-state index contributed by atoms with van der Waals surface area (Å²) in [4.78, 5) is 27.2. The number of rotatable bonds is 5. The normalized spacial score (nSPS) is 29.1. The Bertz CT molecular complexity index is 930. The van der Waals surface area contributed by atoms with Gasteiger partial charge in [0.05, 0.1) is 0 Å². The molecule has 1 N–H and O–H groups in total. The van der Waals surface area contributed by atoms with Gasteiger partial charge in [0.15, 0.2) is 10.4 Å². The van der Waals surface area contributed by atoms with E-state index in [0.29, 0.717) is 21.3 Å². The van der Waals surface area contributed by atoms with E-state index in [4.69, 9.17) is 4.42 Å². The number of nitrogens with one attached hydrogen (secondary N) is 1. The molecule has 0 spiro atoms. The zero-order valence-corrected chi connectivity index (χ0v) is 18.8. The summed E-state index contributed by atoms with van der Waals surface area (Å²) in [5.41, 5.74) is 1.62. The van der Waals surface area contributed by atoms with Gasteiger partial charge in [-0.3, -0.25) is 9.59 Å². The predicted octanol–water partition coefficient (Wildman–Crippen LogP) is 5.58. The highest BCUT2D eigenvalue weighted by atomic mass is 79.9. The molecule has 4 aliphatic rings. The first-order chi connectivity index (χ1) is 14.4. The van der Waals surface area contributed by atoms with Crippen LogP contribution >= 0.6 is 15.9 Å². The lowest BCUT2D eigenvalue weighted by Gasteiger charge is -2.57. The molecule has 0 unspecified atom stereocenters. The molecule has 158 valence electrons. The Morgan fingerprint density at radius 1 is 1.03 bits per heavy atom. The molecule has 1 aromatic heterocycles. The Morgan fingerprint density at radius 3 is 2.17 bits per heavy atom. The third kappa shape index (κ3) is 3.82. The SMILES string of the molecule is CN(CC12CC3CC(CC(C3)C1)C2)C(=O)c1ccc(NC(=O)c2ccc(Br)o2)cc1. The summed E-state index contributed by atoms with van der Waals surface area (Å²) >= 11 is 3.19. The van der Waals surface area contributed by atoms with E-state index >= 15 is 0 Å². The van der Waals surface area contributed by atoms with Crippen LogP contribution < -0.4 is 5.32 Å². The van der Waals surface area contributed by atoms with Crippen molar-refractivity contribution in [1.82, 2.24) is 4.90 Å². The molecule has 1 heterocycles. The number of nitrogens with zero attached hydrogens (tertiary/aromatic N) is 1. The number of benzene rings is 1. The molecule has 5 nitrogen and oxygen atoms in total. The highest BCUT2D eigenvalue weighted by molar-refractivity contribution is 9.10. The molecule has 4 bridgehead atoms. The summed E-state index contributed by atoms with van der Waals surface area (Å²) in [5, 5.41) is 2.79. The Labute approximate surface area is 185 Å². The minimum Gasteiger partial charge on any atom is -0.444 e. The number of anilines is 1. The van der Waals surface area contributed by atoms with Crippen LogP contribution in [0.1, 0.15) is 59.4 Å². The summed E-state index contributed by atoms with van der Waals surface area (Å²) in [6, 6.07) is 10.4. The Kier molecular flexibility index (Phi) is 5.00. The maximum absolute atomic E-state index is 13.0. The maximum Gasteiger partial charge on any atom is 0.291 e. The average Bonchev–Trinajstić information content (AvgIpc) is 3.13. The number of hydrogen-bond donors (Lipinski definition) is 1. The van der Waals surface area contributed by atoms with Gasteiger partial charge in [-0.2, -0.15) is 0 Å². The van der Waals surface area contributed by atoms with Crippen LogP contribution in [0.25, 0.3) is 0 Å². The largest absolute Gasteiger partial charge is 0.444 e. The van der Waals surface area contributed by atoms with E-state index in [0.717, 1.165) is 24.3 Å². The third-order valence-electron chi connectivity index (χ3n) is 7.27. The van der Waals surface area contributed by atoms with Crippen LogP contribution in [0.5, 0.6) is 0 Å². The second-order valence-electron chi connectivity index (χ2n) is 9.71. The zero-order chi connectivity index (χ0) is 20.9. The minimum atomic E-state index is -0.321. The van der Waals surface area contributed by atoms with Gasteiger partial charge in [-0.25, -0.2) is 0 Å². The van der Waals surface area contributed by atoms with Gasteiger partial charge >= 0.3 is 0 Å². The van der Waals surface area contributed by atoms with Gasteiger partial charge in [0.25, 0.3) is 11.8 Å². The van der Waals surface area contributed by atoms with Gasteiger partial charge in [-0.05, 0) is 114 Å². The summed E-state index contributed by atoms with van der Waals surface area (Å²) in [6.45, 7) is 0.862. The zero-order valence-electron chi connectivity index (χ0n) is 17.2. The van der Waals surface area contributed by atoms with E-state index in [9.17, 15) is 9.59 Å². The van der Waals surface area contributed by atoms with Crippen LogP contribution in [0.2, 0.25) is 0 Å². The van der Waals surface area contributed by atoms with E-state index in [-0.39, 0.29) is 17.6 Å². The molecule has 1 aromatic carbocycles. The lowest BCUT2D eigenvalue weighted by Crippen LogP contribution is -2.51. The average molecular weight is 471 g/mol. The molecule has 6 rings (SSSR count). The quantitative estimate of drug-likeness (QED) is 0.619. The summed E-state index contributed by atoms with van der Waals surface area (Å²) in [5.74, 6) is 2.63. The van der Waals surface area contributed by atoms with Crippen LogP contribution in [-0.2, 0) is 0 Å². The molecular formula is C24H27BrN2O3. The third-order valence-corrected chi connectivity index (χ3v) is 7.70. The maximum atomic E-state index is 13.0. The Morgan fingerprint density at radius 2 is 1.63 bits per heavy atom. The van der Waals surface area contributed by atoms with Crippen molar-refractivity contribution in [2.45, 2.75) is 38.5 Å². The first-order valence-electron chi connectivity index (χ1n) is 10.8. The highest BCUT2D eigenvalue weighted by Crippen LogP contribution is 2.60. The number of carbonyl (C=O) groups excluding carboxylic acids is 2. The van der Waals surface area contributed by atoms with Crippen molar-refractivity contribution < 1.29 is 14.0 Å². The number of furan rings is 1. The number of carbonyl (C=O) groups is 2. The standard InChI is InChI=1S/C24H27BrN2O3/c1-27(14-24-11-15-8-16(12-24)10-17(9-15)13-24)23(29)18-2-4-19(5-3-18)26-22(28)20-6-7-21(25)30-20/h2-7,15-17H,8-14H2,1H3,(H,26,28). The van der Waals surface area contributed by atoms with Crippen molar-refractivity contribution >= 4 is 33.4 Å². The van der Waals surface area contributed by atoms with Crippen LogP contribution in [0.15, 0.2) is 45.5 Å². The van der Waals surface area contributed by atoms with Crippen molar-refractivity contribution in [3.8, 4) is 0 Å². The van der Waals surface area contributed by atoms with E-state index in [1.165, 1.54) is 38.5 Å². The van der Waals surface area contributed by atoms with Crippen LogP contribution in [0, 0.1) is 23.2 Å². The van der Waals surface area contributed by atoms with Crippen molar-refractivity contribution in [1.29, 1.82) is 0 Å². The fourth-order valence-corrected chi connectivity index (χ4v) is 6.91. The van der Waals surface area contributed by atoms with Crippen molar-refractivity contribution in [3.05, 3.63) is 52.4 Å². The number of halogens is 1. The Balaban J connectivity index is 1.22. The van der Waals surface area contributed by atoms with Gasteiger partial charge in [0.2, 0.25) is 0 Å². The highest BCUT2D eigenvalue weighted by Gasteiger charge is 2.51. The minimum absolute atomic E-state index is 0.0542. The molecule has 0 atom stereocenters. The first-order valence-corrected chi connectivity index (χ1v) is 11.6. The summed E-state index contributed by atoms with van der Waals surface area (Å²) < 4.78 is 5.78. The van der Waals surface area contributed by atoms with Gasteiger partial charge < -0.3 is 14.6 Å². The second-order valence-corrected chi connectivity index (χ2v) is 10.5. The van der Waals surface area contributed by atoms with E-state index < -0.39 is 0 Å². The molecular weight excluding hydrogens is 444 g/mol. The number of hydrogen-bond acceptors (Lipinski definition) is 3. The molecule has 6 heteroatoms. The number of amides is 2. The summed E-state index contributed by atoms with van der Waals surface area (Å²) in [6.07, 6.45) is 8.14. The van der Waals surface area contributed by atoms with Crippen molar-refractivity contribution in [2.24, 2.45) is 23.2 Å². The molecule has 0 aliphatic heterocycles. The van der Waals surface area contributed by atoms with Gasteiger partial charge in [-0.1, -0.05) is 0 Å². The molecule has 0 radical (unpaired) electrons. The van der Waals surface area contributed by atoms with Crippen LogP contribution in [0.4, 0.5) is 5.69 Å². The first kappa shape index (κ1) is 19.9.